The summed E-state index contributed by atoms with van der Waals surface area (Å²) in [6, 6.07) is 0. The molecule has 0 aromatic carbocycles. The number of aliphatic hydroxyl groups excluding tert-OH is 3. The number of hydrogen-bond donors (Lipinski definition) is 4. The first kappa shape index (κ1) is 51.1. The first-order chi connectivity index (χ1) is 26.5. The monoisotopic (exact) mass is 805 g/mol. The predicted octanol–water partition coefficient (Wildman–Crippen LogP) is 8.06. The zero-order chi connectivity index (χ0) is 40.6. The van der Waals surface area contributed by atoms with Crippen molar-refractivity contribution in [3.05, 3.63) is 24.3 Å². The summed E-state index contributed by atoms with van der Waals surface area (Å²) < 4.78 is 53.9. The Morgan fingerprint density at radius 2 is 1.09 bits per heavy atom. The zero-order valence-electron chi connectivity index (χ0n) is 34.0. The number of unbranched alkanes of at least 4 members (excludes halogenated alkanes) is 19. The number of esters is 2. The summed E-state index contributed by atoms with van der Waals surface area (Å²) in [5.41, 5.74) is 0. The quantitative estimate of drug-likeness (QED) is 0.0209. The van der Waals surface area contributed by atoms with Crippen molar-refractivity contribution in [2.45, 2.75) is 211 Å². The molecule has 12 nitrogen and oxygen atoms in total. The third-order valence-corrected chi connectivity index (χ3v) is 10.5. The van der Waals surface area contributed by atoms with Gasteiger partial charge in [-0.05, 0) is 44.9 Å². The van der Waals surface area contributed by atoms with E-state index in [0.717, 1.165) is 64.2 Å². The highest BCUT2D eigenvalue weighted by Gasteiger charge is 2.46. The maximum absolute atomic E-state index is 12.8. The van der Waals surface area contributed by atoms with Crippen LogP contribution in [0.15, 0.2) is 24.3 Å². The number of carbonyl (C=O) groups excluding carboxylic acids is 2. The third kappa shape index (κ3) is 28.2. The van der Waals surface area contributed by atoms with Crippen LogP contribution in [0.3, 0.4) is 0 Å². The summed E-state index contributed by atoms with van der Waals surface area (Å²) >= 11 is 0. The molecular weight excluding hydrogens is 729 g/mol. The minimum atomic E-state index is -4.60. The molecule has 0 radical (unpaired) electrons. The standard InChI is InChI=1S/C42H76O12S/c1-3-5-7-9-11-13-15-17-18-19-21-23-25-27-29-31-38(44)53-35(33-52-42-41(47)40(46)39(45)36(54-42)34-55(48,49)50)32-51-37(43)30-28-26-24-22-20-16-14-12-10-8-6-4-2/h11,13,17-18,35-36,39-42,45-47H,3-10,12,14-16,19-34H2,1-2H3,(H,48,49,50)/b13-11+,18-17+/t35-,36-,39-,40?,41?,42+/m1/s1. The Kier molecular flexibility index (Phi) is 30.8. The van der Waals surface area contributed by atoms with Gasteiger partial charge in [-0.1, -0.05) is 141 Å². The third-order valence-electron chi connectivity index (χ3n) is 9.78. The molecular formula is C42H76O12S. The van der Waals surface area contributed by atoms with Gasteiger partial charge in [0.05, 0.1) is 6.61 Å². The van der Waals surface area contributed by atoms with Crippen molar-refractivity contribution in [2.24, 2.45) is 0 Å². The van der Waals surface area contributed by atoms with Crippen LogP contribution in [0.25, 0.3) is 0 Å². The molecule has 6 atom stereocenters. The van der Waals surface area contributed by atoms with Gasteiger partial charge in [-0.15, -0.1) is 0 Å². The molecule has 322 valence electrons. The lowest BCUT2D eigenvalue weighted by molar-refractivity contribution is -0.297. The lowest BCUT2D eigenvalue weighted by Crippen LogP contribution is -2.60. The van der Waals surface area contributed by atoms with Crippen LogP contribution < -0.4 is 0 Å². The van der Waals surface area contributed by atoms with Gasteiger partial charge in [0.2, 0.25) is 0 Å². The molecule has 13 heteroatoms. The summed E-state index contributed by atoms with van der Waals surface area (Å²) in [7, 11) is -4.60. The highest BCUT2D eigenvalue weighted by atomic mass is 32.2. The van der Waals surface area contributed by atoms with E-state index in [1.165, 1.54) is 70.6 Å². The van der Waals surface area contributed by atoms with E-state index in [2.05, 4.69) is 38.2 Å². The van der Waals surface area contributed by atoms with E-state index < -0.39 is 71.2 Å². The Morgan fingerprint density at radius 1 is 0.618 bits per heavy atom. The van der Waals surface area contributed by atoms with Gasteiger partial charge in [-0.3, -0.25) is 14.1 Å². The van der Waals surface area contributed by atoms with Crippen LogP contribution in [0.5, 0.6) is 0 Å². The fourth-order valence-corrected chi connectivity index (χ4v) is 7.10. The van der Waals surface area contributed by atoms with Gasteiger partial charge in [-0.25, -0.2) is 0 Å². The molecule has 2 unspecified atom stereocenters. The average Bonchev–Trinajstić information content (AvgIpc) is 3.14. The van der Waals surface area contributed by atoms with Crippen molar-refractivity contribution >= 4 is 22.1 Å². The zero-order valence-corrected chi connectivity index (χ0v) is 34.9. The van der Waals surface area contributed by atoms with E-state index in [-0.39, 0.29) is 19.4 Å². The number of allylic oxidation sites excluding steroid dienone is 4. The largest absolute Gasteiger partial charge is 0.462 e. The molecule has 1 saturated heterocycles. The summed E-state index contributed by atoms with van der Waals surface area (Å²) in [5, 5.41) is 30.8. The maximum Gasteiger partial charge on any atom is 0.306 e. The van der Waals surface area contributed by atoms with Crippen molar-refractivity contribution in [2.75, 3.05) is 19.0 Å². The minimum absolute atomic E-state index is 0.150. The predicted molar refractivity (Wildman–Crippen MR) is 215 cm³/mol. The molecule has 0 amide bonds. The van der Waals surface area contributed by atoms with Gasteiger partial charge in [-0.2, -0.15) is 8.42 Å². The van der Waals surface area contributed by atoms with E-state index in [1.807, 2.05) is 0 Å². The van der Waals surface area contributed by atoms with Gasteiger partial charge in [0.1, 0.15) is 36.8 Å². The molecule has 1 fully saturated rings. The van der Waals surface area contributed by atoms with Crippen LogP contribution in [-0.2, 0) is 38.7 Å². The second kappa shape index (κ2) is 33.1. The smallest absolute Gasteiger partial charge is 0.306 e. The molecule has 0 saturated carbocycles. The van der Waals surface area contributed by atoms with Gasteiger partial charge in [0.15, 0.2) is 12.4 Å². The fourth-order valence-electron chi connectivity index (χ4n) is 6.41. The molecule has 0 aromatic rings. The number of ether oxygens (including phenoxy) is 4. The number of hydrogen-bond acceptors (Lipinski definition) is 11. The second-order valence-corrected chi connectivity index (χ2v) is 16.5. The SMILES string of the molecule is CCCCC/C=C/C/C=C/CCCCCCCC(=O)O[C@H](COC(=O)CCCCCCCCCCCCCC)CO[C@H]1O[C@H](CS(=O)(=O)O)[C@@H](O)C(O)C1O. The lowest BCUT2D eigenvalue weighted by atomic mass is 10.00. The van der Waals surface area contributed by atoms with Crippen LogP contribution >= 0.6 is 0 Å². The van der Waals surface area contributed by atoms with Crippen molar-refractivity contribution in [1.82, 2.24) is 0 Å². The lowest BCUT2D eigenvalue weighted by Gasteiger charge is -2.40. The first-order valence-corrected chi connectivity index (χ1v) is 23.0. The highest BCUT2D eigenvalue weighted by Crippen LogP contribution is 2.24. The maximum atomic E-state index is 12.8. The summed E-state index contributed by atoms with van der Waals surface area (Å²) in [4.78, 5) is 25.3. The van der Waals surface area contributed by atoms with Crippen molar-refractivity contribution in [3.63, 3.8) is 0 Å². The van der Waals surface area contributed by atoms with Gasteiger partial charge < -0.3 is 34.3 Å². The fraction of sp³-hybridized carbons (Fsp3) is 0.857. The Balaban J connectivity index is 2.49. The van der Waals surface area contributed by atoms with Crippen molar-refractivity contribution < 1.29 is 56.8 Å². The molecule has 1 aliphatic heterocycles. The van der Waals surface area contributed by atoms with E-state index in [0.29, 0.717) is 12.8 Å². The Bertz CT molecular complexity index is 1130. The number of aliphatic hydroxyl groups is 3. The molecule has 1 rings (SSSR count). The second-order valence-electron chi connectivity index (χ2n) is 15.0. The van der Waals surface area contributed by atoms with E-state index in [9.17, 15) is 37.9 Å². The van der Waals surface area contributed by atoms with Crippen LogP contribution in [0.1, 0.15) is 174 Å². The normalized spacial score (nSPS) is 21.0. The molecule has 1 aliphatic rings. The molecule has 0 spiro atoms. The van der Waals surface area contributed by atoms with Crippen molar-refractivity contribution in [3.8, 4) is 0 Å². The van der Waals surface area contributed by atoms with Gasteiger partial charge in [0.25, 0.3) is 10.1 Å². The van der Waals surface area contributed by atoms with Crippen LogP contribution in [0.4, 0.5) is 0 Å². The number of carbonyl (C=O) groups is 2. The molecule has 0 aromatic heterocycles. The first-order valence-electron chi connectivity index (χ1n) is 21.4. The molecule has 0 bridgehead atoms. The molecule has 55 heavy (non-hydrogen) atoms. The highest BCUT2D eigenvalue weighted by molar-refractivity contribution is 7.85. The Hall–Kier alpha value is -1.87. The Morgan fingerprint density at radius 3 is 1.64 bits per heavy atom. The van der Waals surface area contributed by atoms with Gasteiger partial charge in [0, 0.05) is 12.8 Å². The van der Waals surface area contributed by atoms with E-state index in [1.54, 1.807) is 0 Å². The molecule has 1 heterocycles. The summed E-state index contributed by atoms with van der Waals surface area (Å²) in [6.45, 7) is 3.71. The van der Waals surface area contributed by atoms with Crippen LogP contribution in [0, 0.1) is 0 Å². The van der Waals surface area contributed by atoms with Crippen molar-refractivity contribution in [1.29, 1.82) is 0 Å². The summed E-state index contributed by atoms with van der Waals surface area (Å²) in [6.07, 6.45) is 25.1. The molecule has 0 aliphatic carbocycles. The Labute approximate surface area is 332 Å². The van der Waals surface area contributed by atoms with E-state index >= 15 is 0 Å². The topological polar surface area (TPSA) is 186 Å². The van der Waals surface area contributed by atoms with Crippen LogP contribution in [0.2, 0.25) is 0 Å². The minimum Gasteiger partial charge on any atom is -0.462 e. The average molecular weight is 805 g/mol. The number of rotatable bonds is 35. The van der Waals surface area contributed by atoms with E-state index in [4.69, 9.17) is 18.9 Å². The van der Waals surface area contributed by atoms with Crippen LogP contribution in [-0.4, -0.2) is 96.0 Å². The van der Waals surface area contributed by atoms with Gasteiger partial charge >= 0.3 is 11.9 Å². The molecule has 4 N–H and O–H groups in total. The summed E-state index contributed by atoms with van der Waals surface area (Å²) in [5.74, 6) is -2.00.